The van der Waals surface area contributed by atoms with Crippen molar-refractivity contribution in [1.29, 1.82) is 0 Å². The van der Waals surface area contributed by atoms with Crippen molar-refractivity contribution >= 4 is 5.69 Å². The van der Waals surface area contributed by atoms with Gasteiger partial charge in [-0.3, -0.25) is 0 Å². The molecule has 0 saturated heterocycles. The predicted octanol–water partition coefficient (Wildman–Crippen LogP) is 6.23. The van der Waals surface area contributed by atoms with E-state index in [1.807, 2.05) is 0 Å². The Morgan fingerprint density at radius 1 is 0.962 bits per heavy atom. The Morgan fingerprint density at radius 2 is 1.62 bits per heavy atom. The average Bonchev–Trinajstić information content (AvgIpc) is 2.90. The second-order valence-corrected chi connectivity index (χ2v) is 8.37. The Morgan fingerprint density at radius 3 is 2.23 bits per heavy atom. The van der Waals surface area contributed by atoms with Crippen molar-refractivity contribution in [3.8, 4) is 5.75 Å². The predicted molar refractivity (Wildman–Crippen MR) is 111 cm³/mol. The van der Waals surface area contributed by atoms with E-state index in [0.29, 0.717) is 0 Å². The lowest BCUT2D eigenvalue weighted by Crippen LogP contribution is -2.31. The van der Waals surface area contributed by atoms with E-state index in [1.54, 1.807) is 0 Å². The van der Waals surface area contributed by atoms with Gasteiger partial charge < -0.3 is 10.5 Å². The van der Waals surface area contributed by atoms with Gasteiger partial charge in [-0.2, -0.15) is 0 Å². The van der Waals surface area contributed by atoms with Crippen LogP contribution in [0.4, 0.5) is 5.69 Å². The van der Waals surface area contributed by atoms with Gasteiger partial charge in [-0.1, -0.05) is 44.0 Å². The molecule has 2 aromatic rings. The number of benzene rings is 2. The monoisotopic (exact) mass is 351 g/mol. The molecule has 0 amide bonds. The lowest BCUT2D eigenvalue weighted by molar-refractivity contribution is 0.121. The molecule has 1 unspecified atom stereocenters. The molecule has 140 valence electrons. The number of unbranched alkanes of at least 4 members (excludes halogenated alkanes) is 2. The van der Waals surface area contributed by atoms with Gasteiger partial charge in [0.25, 0.3) is 0 Å². The van der Waals surface area contributed by atoms with Crippen LogP contribution in [0.1, 0.15) is 79.3 Å². The largest absolute Gasteiger partial charge is 0.486 e. The van der Waals surface area contributed by atoms with Crippen LogP contribution in [0.2, 0.25) is 0 Å². The van der Waals surface area contributed by atoms with Crippen LogP contribution in [0, 0.1) is 20.8 Å². The van der Waals surface area contributed by atoms with Crippen LogP contribution in [0.5, 0.6) is 5.75 Å². The van der Waals surface area contributed by atoms with E-state index in [1.165, 1.54) is 53.5 Å². The lowest BCUT2D eigenvalue weighted by atomic mass is 9.78. The SMILES string of the molecule is CCCCCc1ccc(C2c3c(C)c(N)c(C)c(C)c3OC2(C)C)cc1. The maximum atomic E-state index is 6.46. The highest BCUT2D eigenvalue weighted by atomic mass is 16.5. The van der Waals surface area contributed by atoms with Crippen LogP contribution in [0.15, 0.2) is 24.3 Å². The number of nitrogens with two attached hydrogens (primary N) is 1. The highest BCUT2D eigenvalue weighted by Crippen LogP contribution is 2.53. The zero-order valence-corrected chi connectivity index (χ0v) is 17.2. The van der Waals surface area contributed by atoms with E-state index >= 15 is 0 Å². The van der Waals surface area contributed by atoms with Crippen molar-refractivity contribution in [3.63, 3.8) is 0 Å². The van der Waals surface area contributed by atoms with E-state index < -0.39 is 0 Å². The van der Waals surface area contributed by atoms with Gasteiger partial charge in [0.15, 0.2) is 0 Å². The Labute approximate surface area is 158 Å². The topological polar surface area (TPSA) is 35.2 Å². The van der Waals surface area contributed by atoms with E-state index in [4.69, 9.17) is 10.5 Å². The fourth-order valence-corrected chi connectivity index (χ4v) is 4.34. The molecule has 0 bridgehead atoms. The summed E-state index contributed by atoms with van der Waals surface area (Å²) in [6.07, 6.45) is 5.00. The number of anilines is 1. The summed E-state index contributed by atoms with van der Waals surface area (Å²) in [4.78, 5) is 0. The first-order valence-electron chi connectivity index (χ1n) is 9.94. The van der Waals surface area contributed by atoms with E-state index in [0.717, 1.165) is 17.0 Å². The summed E-state index contributed by atoms with van der Waals surface area (Å²) in [5, 5.41) is 0. The first kappa shape index (κ1) is 18.8. The molecule has 2 heteroatoms. The van der Waals surface area contributed by atoms with Crippen molar-refractivity contribution in [1.82, 2.24) is 0 Å². The van der Waals surface area contributed by atoms with Crippen molar-refractivity contribution in [2.75, 3.05) is 5.73 Å². The second kappa shape index (κ2) is 6.98. The summed E-state index contributed by atoms with van der Waals surface area (Å²) in [7, 11) is 0. The highest BCUT2D eigenvalue weighted by molar-refractivity contribution is 5.69. The Balaban J connectivity index is 2.01. The number of nitrogen functional groups attached to an aromatic ring is 1. The summed E-state index contributed by atoms with van der Waals surface area (Å²) >= 11 is 0. The Kier molecular flexibility index (Phi) is 5.05. The first-order chi connectivity index (χ1) is 12.3. The summed E-state index contributed by atoms with van der Waals surface area (Å²) < 4.78 is 6.46. The zero-order valence-electron chi connectivity index (χ0n) is 17.2. The fraction of sp³-hybridized carbons (Fsp3) is 0.500. The van der Waals surface area contributed by atoms with E-state index in [-0.39, 0.29) is 11.5 Å². The zero-order chi connectivity index (χ0) is 19.1. The Bertz CT molecular complexity index is 802. The molecule has 26 heavy (non-hydrogen) atoms. The second-order valence-electron chi connectivity index (χ2n) is 8.37. The molecule has 1 atom stereocenters. The van der Waals surface area contributed by atoms with Crippen LogP contribution in [0.3, 0.4) is 0 Å². The molecule has 1 aliphatic rings. The first-order valence-corrected chi connectivity index (χ1v) is 9.94. The van der Waals surface area contributed by atoms with Crippen molar-refractivity contribution in [2.24, 2.45) is 0 Å². The quantitative estimate of drug-likeness (QED) is 0.512. The fourth-order valence-electron chi connectivity index (χ4n) is 4.34. The minimum absolute atomic E-state index is 0.212. The Hall–Kier alpha value is -1.96. The van der Waals surface area contributed by atoms with Crippen LogP contribution in [-0.2, 0) is 6.42 Å². The molecule has 2 aromatic carbocycles. The maximum Gasteiger partial charge on any atom is 0.127 e. The molecule has 2 nitrogen and oxygen atoms in total. The minimum atomic E-state index is -0.276. The van der Waals surface area contributed by atoms with E-state index in [9.17, 15) is 0 Å². The summed E-state index contributed by atoms with van der Waals surface area (Å²) in [6, 6.07) is 9.16. The van der Waals surface area contributed by atoms with Gasteiger partial charge in [0.2, 0.25) is 0 Å². The minimum Gasteiger partial charge on any atom is -0.486 e. The van der Waals surface area contributed by atoms with Crippen LogP contribution in [0.25, 0.3) is 0 Å². The van der Waals surface area contributed by atoms with Gasteiger partial charge >= 0.3 is 0 Å². The van der Waals surface area contributed by atoms with Gasteiger partial charge in [0.05, 0.1) is 5.92 Å². The molecule has 1 aliphatic heterocycles. The van der Waals surface area contributed by atoms with Crippen LogP contribution in [-0.4, -0.2) is 5.60 Å². The third-order valence-corrected chi connectivity index (χ3v) is 6.09. The molecule has 0 radical (unpaired) electrons. The van der Waals surface area contributed by atoms with Crippen molar-refractivity contribution < 1.29 is 4.74 Å². The molecule has 3 rings (SSSR count). The third-order valence-electron chi connectivity index (χ3n) is 6.09. The molecule has 0 saturated carbocycles. The summed E-state index contributed by atoms with van der Waals surface area (Å²) in [5.74, 6) is 1.25. The smallest absolute Gasteiger partial charge is 0.127 e. The van der Waals surface area contributed by atoms with Crippen LogP contribution >= 0.6 is 0 Å². The average molecular weight is 352 g/mol. The molecule has 0 aliphatic carbocycles. The standard InChI is InChI=1S/C24H33NO/c1-7-8-9-10-18-11-13-19(14-12-18)21-20-17(4)22(25)15(2)16(3)23(20)26-24(21,5)6/h11-14,21H,7-10,25H2,1-6H3. The third kappa shape index (κ3) is 3.11. The molecule has 0 spiro atoms. The number of hydrogen-bond acceptors (Lipinski definition) is 2. The molecular weight excluding hydrogens is 318 g/mol. The summed E-state index contributed by atoms with van der Waals surface area (Å²) in [6.45, 7) is 13.0. The van der Waals surface area contributed by atoms with Gasteiger partial charge in [0.1, 0.15) is 11.4 Å². The summed E-state index contributed by atoms with van der Waals surface area (Å²) in [5.41, 5.74) is 14.6. The number of ether oxygens (including phenoxy) is 1. The van der Waals surface area contributed by atoms with Crippen molar-refractivity contribution in [3.05, 3.63) is 57.6 Å². The molecular formula is C24H33NO. The lowest BCUT2D eigenvalue weighted by Gasteiger charge is -2.27. The van der Waals surface area contributed by atoms with Crippen molar-refractivity contribution in [2.45, 2.75) is 78.7 Å². The molecule has 0 fully saturated rings. The number of fused-ring (bicyclic) bond motifs is 1. The number of aryl methyl sites for hydroxylation is 1. The normalized spacial score (nSPS) is 17.8. The van der Waals surface area contributed by atoms with Gasteiger partial charge in [-0.25, -0.2) is 0 Å². The highest BCUT2D eigenvalue weighted by Gasteiger charge is 2.44. The maximum absolute atomic E-state index is 6.46. The van der Waals surface area contributed by atoms with E-state index in [2.05, 4.69) is 65.8 Å². The van der Waals surface area contributed by atoms with Crippen LogP contribution < -0.4 is 10.5 Å². The van der Waals surface area contributed by atoms with Gasteiger partial charge in [-0.15, -0.1) is 0 Å². The molecule has 0 aromatic heterocycles. The van der Waals surface area contributed by atoms with Gasteiger partial charge in [0, 0.05) is 11.3 Å². The van der Waals surface area contributed by atoms with Gasteiger partial charge in [-0.05, 0) is 75.3 Å². The molecule has 2 N–H and O–H groups in total. The number of hydrogen-bond donors (Lipinski definition) is 1. The molecule has 1 heterocycles. The number of rotatable bonds is 5.